The van der Waals surface area contributed by atoms with Crippen LogP contribution in [0.5, 0.6) is 5.75 Å². The molecule has 1 aromatic carbocycles. The third-order valence-electron chi connectivity index (χ3n) is 10.0. The molecule has 4 bridgehead atoms. The summed E-state index contributed by atoms with van der Waals surface area (Å²) in [6, 6.07) is 2.63. The number of fused-ring (bicyclic) bond motifs is 5. The van der Waals surface area contributed by atoms with Crippen molar-refractivity contribution in [3.05, 3.63) is 46.5 Å². The molecule has 0 aliphatic carbocycles. The van der Waals surface area contributed by atoms with Crippen LogP contribution >= 0.6 is 33.2 Å². The first-order valence-corrected chi connectivity index (χ1v) is 20.1. The molecule has 0 spiro atoms. The van der Waals surface area contributed by atoms with Gasteiger partial charge in [-0.15, -0.1) is 0 Å². The predicted molar refractivity (Wildman–Crippen MR) is 202 cm³/mol. The summed E-state index contributed by atoms with van der Waals surface area (Å²) in [7, 11) is 9.14. The van der Waals surface area contributed by atoms with Crippen molar-refractivity contribution in [1.82, 2.24) is 10.2 Å². The number of methoxy groups -OCH3 is 2. The van der Waals surface area contributed by atoms with Crippen LogP contribution in [0.25, 0.3) is 0 Å². The maximum Gasteiger partial charge on any atom is 0.409 e. The van der Waals surface area contributed by atoms with Gasteiger partial charge in [0.15, 0.2) is 5.72 Å². The van der Waals surface area contributed by atoms with Crippen molar-refractivity contribution in [1.29, 1.82) is 0 Å². The number of halogens is 1. The molecule has 2 saturated heterocycles. The van der Waals surface area contributed by atoms with Gasteiger partial charge in [-0.05, 0) is 51.1 Å². The van der Waals surface area contributed by atoms with E-state index >= 15 is 0 Å². The van der Waals surface area contributed by atoms with Crippen molar-refractivity contribution < 1.29 is 48.0 Å². The van der Waals surface area contributed by atoms with E-state index in [4.69, 9.17) is 35.3 Å². The van der Waals surface area contributed by atoms with Gasteiger partial charge in [-0.3, -0.25) is 14.9 Å². The molecule has 288 valence electrons. The van der Waals surface area contributed by atoms with Gasteiger partial charge >= 0.3 is 12.1 Å². The fourth-order valence-electron chi connectivity index (χ4n) is 6.61. The molecule has 52 heavy (non-hydrogen) atoms. The SMILES string of the molecule is COc1cc2cc(c1Cl)N(C)C(=O)C[C@@H](OC(=O)[C@H](C)N(C)C(=O)CCSSC)[C@]1(C)OC1[C@H](C)[C@@H]1C[C@@](O)(NC(=O)O1)[C@H](OC)C=CC=C(C)C2. The standard InChI is InChI=1S/C36H50ClN3O10S2/c1-20-11-10-12-27(47-8)36(45)19-26(48-34(44)38-36)21(2)32-35(4,50-32)28(49-33(43)22(3)39(5)29(41)13-14-52-51-9)18-30(42)40(6)24-16-23(15-20)17-25(46-7)31(24)37/h10-12,16-17,21-22,26-28,32,45H,13-15,18-19H2,1-9H3,(H,38,44)/t21-,22+,26+,27-,28-,32?,35+,36+/m1/s1. The number of alkyl carbamates (subject to hydrolysis) is 1. The number of anilines is 1. The molecule has 0 saturated carbocycles. The van der Waals surface area contributed by atoms with Gasteiger partial charge in [0.1, 0.15) is 40.7 Å². The zero-order chi connectivity index (χ0) is 38.5. The van der Waals surface area contributed by atoms with E-state index in [-0.39, 0.29) is 30.2 Å². The fraction of sp³-hybridized carbons (Fsp3) is 0.611. The highest BCUT2D eigenvalue weighted by Gasteiger charge is 2.64. The molecule has 1 unspecified atom stereocenters. The normalized spacial score (nSPS) is 29.9. The van der Waals surface area contributed by atoms with E-state index in [1.165, 1.54) is 31.1 Å². The Morgan fingerprint density at radius 3 is 2.63 bits per heavy atom. The molecule has 2 N–H and O–H groups in total. The Bertz CT molecular complexity index is 1580. The Morgan fingerprint density at radius 2 is 1.98 bits per heavy atom. The largest absolute Gasteiger partial charge is 0.495 e. The number of allylic oxidation sites excluding steroid dienone is 3. The van der Waals surface area contributed by atoms with Crippen LogP contribution in [0, 0.1) is 5.92 Å². The number of epoxide rings is 1. The molecule has 3 aliphatic rings. The molecule has 4 rings (SSSR count). The number of rotatable bonds is 9. The van der Waals surface area contributed by atoms with Gasteiger partial charge < -0.3 is 38.6 Å². The van der Waals surface area contributed by atoms with Crippen LogP contribution in [0.3, 0.4) is 0 Å². The van der Waals surface area contributed by atoms with Crippen LogP contribution in [-0.4, -0.2) is 116 Å². The van der Waals surface area contributed by atoms with Crippen molar-refractivity contribution in [3.8, 4) is 5.75 Å². The Kier molecular flexibility index (Phi) is 14.0. The highest BCUT2D eigenvalue weighted by molar-refractivity contribution is 8.76. The summed E-state index contributed by atoms with van der Waals surface area (Å²) in [6.07, 6.45) is 3.17. The van der Waals surface area contributed by atoms with E-state index < -0.39 is 65.7 Å². The molecule has 1 aromatic rings. The number of likely N-dealkylation sites (N-methyl/N-ethyl adjacent to an activating group) is 1. The number of esters is 1. The van der Waals surface area contributed by atoms with Gasteiger partial charge in [0.2, 0.25) is 11.8 Å². The molecule has 2 fully saturated rings. The molecule has 8 atom stereocenters. The van der Waals surface area contributed by atoms with Crippen molar-refractivity contribution in [3.63, 3.8) is 0 Å². The Hall–Kier alpha value is -2.95. The van der Waals surface area contributed by atoms with Crippen molar-refractivity contribution >= 4 is 62.8 Å². The number of carbonyl (C=O) groups is 4. The van der Waals surface area contributed by atoms with Crippen LogP contribution in [0.1, 0.15) is 52.5 Å². The summed E-state index contributed by atoms with van der Waals surface area (Å²) >= 11 is 6.75. The minimum Gasteiger partial charge on any atom is -0.495 e. The first-order valence-electron chi connectivity index (χ1n) is 17.0. The number of aliphatic hydroxyl groups is 1. The van der Waals surface area contributed by atoms with E-state index in [9.17, 15) is 24.3 Å². The van der Waals surface area contributed by atoms with E-state index in [1.54, 1.807) is 73.7 Å². The van der Waals surface area contributed by atoms with Crippen LogP contribution in [0.4, 0.5) is 10.5 Å². The Morgan fingerprint density at radius 1 is 1.27 bits per heavy atom. The maximum absolute atomic E-state index is 14.1. The second kappa shape index (κ2) is 17.5. The number of hydrogen-bond acceptors (Lipinski definition) is 12. The average molecular weight is 784 g/mol. The molecular formula is C36H50ClN3O10S2. The van der Waals surface area contributed by atoms with E-state index in [0.29, 0.717) is 23.6 Å². The lowest BCUT2D eigenvalue weighted by atomic mass is 9.83. The second-order valence-electron chi connectivity index (χ2n) is 13.6. The van der Waals surface area contributed by atoms with Crippen molar-refractivity contribution in [2.75, 3.05) is 45.2 Å². The van der Waals surface area contributed by atoms with Crippen molar-refractivity contribution in [2.24, 2.45) is 5.92 Å². The quantitative estimate of drug-likeness (QED) is 0.151. The van der Waals surface area contributed by atoms with E-state index in [2.05, 4.69) is 5.32 Å². The molecule has 0 radical (unpaired) electrons. The number of carbonyl (C=O) groups excluding carboxylic acids is 4. The van der Waals surface area contributed by atoms with Gasteiger partial charge in [0, 0.05) is 45.7 Å². The molecule has 16 heteroatoms. The van der Waals surface area contributed by atoms with Gasteiger partial charge in [-0.1, -0.05) is 63.9 Å². The molecule has 3 aliphatic heterocycles. The summed E-state index contributed by atoms with van der Waals surface area (Å²) < 4.78 is 29.2. The molecule has 13 nitrogen and oxygen atoms in total. The summed E-state index contributed by atoms with van der Waals surface area (Å²) in [5.41, 5.74) is -0.884. The van der Waals surface area contributed by atoms with Crippen LogP contribution in [0.15, 0.2) is 35.9 Å². The number of nitrogens with zero attached hydrogens (tertiary/aromatic N) is 2. The second-order valence-corrected chi connectivity index (χ2v) is 16.7. The lowest BCUT2D eigenvalue weighted by molar-refractivity contribution is -0.161. The van der Waals surface area contributed by atoms with Gasteiger partial charge in [0.25, 0.3) is 0 Å². The summed E-state index contributed by atoms with van der Waals surface area (Å²) in [5.74, 6) is -0.916. The predicted octanol–water partition coefficient (Wildman–Crippen LogP) is 4.92. The van der Waals surface area contributed by atoms with Gasteiger partial charge in [-0.25, -0.2) is 9.59 Å². The molecule has 3 amide bonds. The summed E-state index contributed by atoms with van der Waals surface area (Å²) in [6.45, 7) is 7.02. The topological polar surface area (TPSA) is 156 Å². The van der Waals surface area contributed by atoms with Crippen LogP contribution in [0.2, 0.25) is 5.02 Å². The van der Waals surface area contributed by atoms with Crippen LogP contribution < -0.4 is 15.0 Å². The van der Waals surface area contributed by atoms with E-state index in [1.807, 2.05) is 19.3 Å². The first-order chi connectivity index (χ1) is 24.5. The molecule has 0 aromatic heterocycles. The number of benzene rings is 1. The highest BCUT2D eigenvalue weighted by Crippen LogP contribution is 2.49. The minimum atomic E-state index is -1.82. The monoisotopic (exact) mass is 783 g/mol. The zero-order valence-corrected chi connectivity index (χ0v) is 33.5. The third kappa shape index (κ3) is 9.40. The number of amides is 3. The van der Waals surface area contributed by atoms with Gasteiger partial charge in [0.05, 0.1) is 25.3 Å². The lowest BCUT2D eigenvalue weighted by Crippen LogP contribution is -2.63. The zero-order valence-electron chi connectivity index (χ0n) is 31.1. The van der Waals surface area contributed by atoms with Gasteiger partial charge in [-0.2, -0.15) is 0 Å². The summed E-state index contributed by atoms with van der Waals surface area (Å²) in [4.78, 5) is 56.2. The first kappa shape index (κ1) is 41.8. The smallest absolute Gasteiger partial charge is 0.409 e. The number of nitrogens with one attached hydrogen (secondary N) is 1. The highest BCUT2D eigenvalue weighted by atomic mass is 35.5. The fourth-order valence-corrected chi connectivity index (χ4v) is 8.09. The van der Waals surface area contributed by atoms with Crippen LogP contribution in [-0.2, 0) is 39.8 Å². The minimum absolute atomic E-state index is 0.0452. The lowest BCUT2D eigenvalue weighted by Gasteiger charge is -2.42. The number of hydrogen-bond donors (Lipinski definition) is 2. The van der Waals surface area contributed by atoms with E-state index in [0.717, 1.165) is 11.1 Å². The molecular weight excluding hydrogens is 734 g/mol. The maximum atomic E-state index is 14.1. The molecule has 3 heterocycles. The number of ether oxygens (including phenoxy) is 5. The van der Waals surface area contributed by atoms with Crippen molar-refractivity contribution in [2.45, 2.75) is 95.2 Å². The Labute approximate surface area is 318 Å². The third-order valence-corrected chi connectivity index (χ3v) is 12.2. The Balaban J connectivity index is 1.74. The summed E-state index contributed by atoms with van der Waals surface area (Å²) in [5, 5.41) is 14.5. The average Bonchev–Trinajstić information content (AvgIpc) is 3.80.